The van der Waals surface area contributed by atoms with Crippen LogP contribution in [0.2, 0.25) is 0 Å². The molecule has 1 saturated heterocycles. The van der Waals surface area contributed by atoms with E-state index < -0.39 is 17.4 Å². The summed E-state index contributed by atoms with van der Waals surface area (Å²) in [4.78, 5) is 24.9. The molecule has 0 spiro atoms. The van der Waals surface area contributed by atoms with Gasteiger partial charge in [0.15, 0.2) is 0 Å². The summed E-state index contributed by atoms with van der Waals surface area (Å²) in [5.41, 5.74) is -0.573. The van der Waals surface area contributed by atoms with Gasteiger partial charge in [-0.15, -0.1) is 0 Å². The van der Waals surface area contributed by atoms with Crippen LogP contribution in [-0.2, 0) is 14.3 Å². The molecule has 0 bridgehead atoms. The van der Waals surface area contributed by atoms with Crippen molar-refractivity contribution >= 4 is 11.9 Å². The van der Waals surface area contributed by atoms with E-state index in [2.05, 4.69) is 0 Å². The van der Waals surface area contributed by atoms with E-state index >= 15 is 0 Å². The van der Waals surface area contributed by atoms with Crippen molar-refractivity contribution in [3.63, 3.8) is 0 Å². The van der Waals surface area contributed by atoms with Crippen LogP contribution in [0.15, 0.2) is 0 Å². The number of carbonyl (C=O) groups is 2. The summed E-state index contributed by atoms with van der Waals surface area (Å²) in [5, 5.41) is 9.23. The first-order valence-electron chi connectivity index (χ1n) is 5.76. The molecule has 0 saturated carbocycles. The molecule has 1 fully saturated rings. The van der Waals surface area contributed by atoms with Crippen molar-refractivity contribution in [2.24, 2.45) is 11.3 Å². The SMILES string of the molecule is CO[C@H]1CN(C(=O)C(C)(C)C)[C@H](C(=O)O)C1C. The Labute approximate surface area is 102 Å². The van der Waals surface area contributed by atoms with Crippen molar-refractivity contribution in [2.45, 2.75) is 39.8 Å². The van der Waals surface area contributed by atoms with Crippen molar-refractivity contribution in [2.75, 3.05) is 13.7 Å². The smallest absolute Gasteiger partial charge is 0.326 e. The van der Waals surface area contributed by atoms with E-state index in [1.165, 1.54) is 4.90 Å². The van der Waals surface area contributed by atoms with Gasteiger partial charge in [-0.1, -0.05) is 27.7 Å². The molecular weight excluding hydrogens is 222 g/mol. The fourth-order valence-electron chi connectivity index (χ4n) is 2.25. The molecule has 1 aliphatic heterocycles. The van der Waals surface area contributed by atoms with Gasteiger partial charge in [0.05, 0.1) is 6.10 Å². The Bertz CT molecular complexity index is 321. The van der Waals surface area contributed by atoms with E-state index in [1.54, 1.807) is 27.9 Å². The van der Waals surface area contributed by atoms with Gasteiger partial charge in [0.25, 0.3) is 0 Å². The van der Waals surface area contributed by atoms with Crippen LogP contribution >= 0.6 is 0 Å². The van der Waals surface area contributed by atoms with Crippen LogP contribution in [0.5, 0.6) is 0 Å². The number of amides is 1. The molecule has 0 aromatic heterocycles. The molecule has 17 heavy (non-hydrogen) atoms. The molecular formula is C12H21NO4. The number of methoxy groups -OCH3 is 1. The lowest BCUT2D eigenvalue weighted by Crippen LogP contribution is -2.47. The summed E-state index contributed by atoms with van der Waals surface area (Å²) >= 11 is 0. The molecule has 0 aromatic rings. The maximum Gasteiger partial charge on any atom is 0.326 e. The van der Waals surface area contributed by atoms with E-state index in [4.69, 9.17) is 4.74 Å². The fourth-order valence-corrected chi connectivity index (χ4v) is 2.25. The number of hydrogen-bond acceptors (Lipinski definition) is 3. The Morgan fingerprint density at radius 3 is 2.24 bits per heavy atom. The standard InChI is InChI=1S/C12H21NO4/c1-7-8(17-5)6-13(9(7)10(14)15)11(16)12(2,3)4/h7-9H,6H2,1-5H3,(H,14,15)/t7?,8-,9-/m0/s1. The number of hydrogen-bond donors (Lipinski definition) is 1. The lowest BCUT2D eigenvalue weighted by molar-refractivity contribution is -0.152. The van der Waals surface area contributed by atoms with Gasteiger partial charge in [-0.25, -0.2) is 4.79 Å². The Morgan fingerprint density at radius 2 is 1.88 bits per heavy atom. The van der Waals surface area contributed by atoms with Gasteiger partial charge in [-0.05, 0) is 0 Å². The topological polar surface area (TPSA) is 66.8 Å². The summed E-state index contributed by atoms with van der Waals surface area (Å²) in [6.07, 6.45) is -0.206. The van der Waals surface area contributed by atoms with Crippen molar-refractivity contribution < 1.29 is 19.4 Å². The monoisotopic (exact) mass is 243 g/mol. The van der Waals surface area contributed by atoms with Crippen molar-refractivity contribution in [3.8, 4) is 0 Å². The lowest BCUT2D eigenvalue weighted by Gasteiger charge is -2.29. The van der Waals surface area contributed by atoms with E-state index in [0.717, 1.165) is 0 Å². The Balaban J connectivity index is 2.98. The molecule has 0 radical (unpaired) electrons. The molecule has 1 heterocycles. The Kier molecular flexibility index (Phi) is 3.81. The zero-order valence-corrected chi connectivity index (χ0v) is 11.1. The summed E-state index contributed by atoms with van der Waals surface area (Å²) in [5.74, 6) is -1.30. The number of carboxylic acids is 1. The molecule has 98 valence electrons. The van der Waals surface area contributed by atoms with Crippen LogP contribution < -0.4 is 0 Å². The van der Waals surface area contributed by atoms with Gasteiger partial charge in [0.1, 0.15) is 6.04 Å². The summed E-state index contributed by atoms with van der Waals surface area (Å²) in [6, 6.07) is -0.785. The highest BCUT2D eigenvalue weighted by Gasteiger charge is 2.47. The molecule has 5 nitrogen and oxygen atoms in total. The first-order valence-corrected chi connectivity index (χ1v) is 5.76. The third kappa shape index (κ3) is 2.60. The first-order chi connectivity index (χ1) is 7.70. The highest BCUT2D eigenvalue weighted by molar-refractivity contribution is 5.87. The van der Waals surface area contributed by atoms with Gasteiger partial charge in [-0.3, -0.25) is 4.79 Å². The number of rotatable bonds is 2. The van der Waals surface area contributed by atoms with Crippen molar-refractivity contribution in [3.05, 3.63) is 0 Å². The summed E-state index contributed by atoms with van der Waals surface area (Å²) in [7, 11) is 1.55. The zero-order chi connectivity index (χ0) is 13.4. The second kappa shape index (κ2) is 4.64. The number of nitrogens with zero attached hydrogens (tertiary/aromatic N) is 1. The number of carbonyl (C=O) groups excluding carboxylic acids is 1. The van der Waals surface area contributed by atoms with E-state index in [9.17, 15) is 14.7 Å². The molecule has 5 heteroatoms. The minimum atomic E-state index is -0.963. The Hall–Kier alpha value is -1.10. The van der Waals surface area contributed by atoms with E-state index in [-0.39, 0.29) is 17.9 Å². The third-order valence-electron chi connectivity index (χ3n) is 3.26. The number of aliphatic carboxylic acids is 1. The molecule has 1 N–H and O–H groups in total. The average molecular weight is 243 g/mol. The molecule has 3 atom stereocenters. The van der Waals surface area contributed by atoms with Crippen molar-refractivity contribution in [1.29, 1.82) is 0 Å². The van der Waals surface area contributed by atoms with E-state index in [1.807, 2.05) is 6.92 Å². The van der Waals surface area contributed by atoms with Gasteiger partial charge in [-0.2, -0.15) is 0 Å². The van der Waals surface area contributed by atoms with E-state index in [0.29, 0.717) is 6.54 Å². The second-order valence-electron chi connectivity index (χ2n) is 5.62. The largest absolute Gasteiger partial charge is 0.480 e. The minimum absolute atomic E-state index is 0.142. The van der Waals surface area contributed by atoms with Crippen molar-refractivity contribution in [1.82, 2.24) is 4.90 Å². The van der Waals surface area contributed by atoms with Crippen LogP contribution in [0.3, 0.4) is 0 Å². The maximum atomic E-state index is 12.2. The van der Waals surface area contributed by atoms with Crippen LogP contribution in [0, 0.1) is 11.3 Å². The third-order valence-corrected chi connectivity index (χ3v) is 3.26. The molecule has 1 unspecified atom stereocenters. The maximum absolute atomic E-state index is 12.2. The fraction of sp³-hybridized carbons (Fsp3) is 0.833. The van der Waals surface area contributed by atoms with Gasteiger partial charge in [0.2, 0.25) is 5.91 Å². The minimum Gasteiger partial charge on any atom is -0.480 e. The highest BCUT2D eigenvalue weighted by atomic mass is 16.5. The quantitative estimate of drug-likeness (QED) is 0.785. The predicted octanol–water partition coefficient (Wildman–Crippen LogP) is 0.979. The summed E-state index contributed by atoms with van der Waals surface area (Å²) in [6.45, 7) is 7.53. The molecule has 1 aliphatic rings. The number of ether oxygens (including phenoxy) is 1. The lowest BCUT2D eigenvalue weighted by atomic mass is 9.93. The second-order valence-corrected chi connectivity index (χ2v) is 5.62. The first kappa shape index (κ1) is 14.0. The molecule has 0 aliphatic carbocycles. The average Bonchev–Trinajstić information content (AvgIpc) is 2.52. The number of carboxylic acid groups (broad SMARTS) is 1. The predicted molar refractivity (Wildman–Crippen MR) is 62.6 cm³/mol. The molecule has 0 aromatic carbocycles. The summed E-state index contributed by atoms with van der Waals surface area (Å²) < 4.78 is 5.24. The van der Waals surface area contributed by atoms with Crippen LogP contribution in [-0.4, -0.2) is 47.7 Å². The molecule has 1 amide bonds. The number of likely N-dealkylation sites (tertiary alicyclic amines) is 1. The highest BCUT2D eigenvalue weighted by Crippen LogP contribution is 2.30. The van der Waals surface area contributed by atoms with Crippen LogP contribution in [0.25, 0.3) is 0 Å². The van der Waals surface area contributed by atoms with Gasteiger partial charge in [0, 0.05) is 25.0 Å². The zero-order valence-electron chi connectivity index (χ0n) is 11.1. The Morgan fingerprint density at radius 1 is 1.35 bits per heavy atom. The normalized spacial score (nSPS) is 29.5. The van der Waals surface area contributed by atoms with Gasteiger partial charge < -0.3 is 14.7 Å². The molecule has 1 rings (SSSR count). The van der Waals surface area contributed by atoms with Gasteiger partial charge >= 0.3 is 5.97 Å². The van der Waals surface area contributed by atoms with Crippen LogP contribution in [0.1, 0.15) is 27.7 Å². The van der Waals surface area contributed by atoms with Crippen LogP contribution in [0.4, 0.5) is 0 Å².